The lowest BCUT2D eigenvalue weighted by atomic mass is 9.92. The summed E-state index contributed by atoms with van der Waals surface area (Å²) in [5.74, 6) is 0.371. The molecule has 0 spiro atoms. The van der Waals surface area contributed by atoms with Crippen LogP contribution >= 0.6 is 0 Å². The van der Waals surface area contributed by atoms with Crippen LogP contribution in [0.5, 0.6) is 0 Å². The molecule has 3 heteroatoms. The maximum Gasteiger partial charge on any atom is 0.233 e. The van der Waals surface area contributed by atoms with Crippen molar-refractivity contribution in [3.63, 3.8) is 0 Å². The van der Waals surface area contributed by atoms with E-state index in [9.17, 15) is 4.79 Å². The molecule has 22 heavy (non-hydrogen) atoms. The maximum atomic E-state index is 13.0. The third kappa shape index (κ3) is 2.36. The van der Waals surface area contributed by atoms with Gasteiger partial charge < -0.3 is 10.6 Å². The largest absolute Gasteiger partial charge is 0.342 e. The van der Waals surface area contributed by atoms with Gasteiger partial charge in [0.2, 0.25) is 5.91 Å². The summed E-state index contributed by atoms with van der Waals surface area (Å²) in [5.41, 5.74) is 8.40. The zero-order chi connectivity index (χ0) is 15.2. The lowest BCUT2D eigenvalue weighted by Crippen LogP contribution is -2.39. The van der Waals surface area contributed by atoms with Gasteiger partial charge in [-0.1, -0.05) is 37.1 Å². The van der Waals surface area contributed by atoms with E-state index >= 15 is 0 Å². The summed E-state index contributed by atoms with van der Waals surface area (Å²) < 4.78 is 0. The fourth-order valence-corrected chi connectivity index (χ4v) is 3.87. The molecule has 1 aliphatic heterocycles. The molecule has 1 amide bonds. The van der Waals surface area contributed by atoms with Gasteiger partial charge in [-0.25, -0.2) is 0 Å². The highest BCUT2D eigenvalue weighted by Crippen LogP contribution is 2.51. The maximum absolute atomic E-state index is 13.0. The van der Waals surface area contributed by atoms with Crippen molar-refractivity contribution in [2.75, 3.05) is 13.1 Å². The van der Waals surface area contributed by atoms with E-state index in [1.807, 2.05) is 0 Å². The number of nitrogens with two attached hydrogens (primary N) is 1. The summed E-state index contributed by atoms with van der Waals surface area (Å²) in [6, 6.07) is 8.62. The first-order valence-electron chi connectivity index (χ1n) is 8.83. The molecule has 3 fully saturated rings. The molecule has 0 atom stereocenters. The van der Waals surface area contributed by atoms with Crippen LogP contribution in [0.25, 0.3) is 0 Å². The Morgan fingerprint density at radius 3 is 1.91 bits per heavy atom. The molecular formula is C19H26N2O. The highest BCUT2D eigenvalue weighted by molar-refractivity contribution is 5.91. The summed E-state index contributed by atoms with van der Waals surface area (Å²) in [4.78, 5) is 15.2. The number of hydrogen-bond donors (Lipinski definition) is 1. The van der Waals surface area contributed by atoms with Gasteiger partial charge in [-0.3, -0.25) is 4.79 Å². The van der Waals surface area contributed by atoms with Crippen molar-refractivity contribution >= 4 is 5.91 Å². The van der Waals surface area contributed by atoms with Crippen molar-refractivity contribution in [2.24, 2.45) is 5.73 Å². The molecule has 3 aliphatic rings. The minimum absolute atomic E-state index is 0.0793. The molecule has 0 aromatic heterocycles. The predicted octanol–water partition coefficient (Wildman–Crippen LogP) is 3.07. The fourth-order valence-electron chi connectivity index (χ4n) is 3.87. The van der Waals surface area contributed by atoms with E-state index < -0.39 is 0 Å². The van der Waals surface area contributed by atoms with Crippen LogP contribution in [-0.2, 0) is 15.7 Å². The van der Waals surface area contributed by atoms with Crippen LogP contribution in [0.4, 0.5) is 0 Å². The monoisotopic (exact) mass is 298 g/mol. The Bertz CT molecular complexity index is 562. The van der Waals surface area contributed by atoms with Crippen LogP contribution < -0.4 is 5.73 Å². The van der Waals surface area contributed by atoms with E-state index in [2.05, 4.69) is 29.2 Å². The SMILES string of the molecule is NC1(c2ccc(C3(C(=O)N4CCCCCC4)CC3)cc2)CC1. The Hall–Kier alpha value is -1.35. The van der Waals surface area contributed by atoms with Crippen LogP contribution in [0.2, 0.25) is 0 Å². The summed E-state index contributed by atoms with van der Waals surface area (Å²) in [5, 5.41) is 0. The first-order chi connectivity index (χ1) is 10.6. The van der Waals surface area contributed by atoms with Gasteiger partial charge in [-0.2, -0.15) is 0 Å². The molecule has 1 aromatic carbocycles. The molecule has 4 rings (SSSR count). The molecule has 3 nitrogen and oxygen atoms in total. The van der Waals surface area contributed by atoms with Crippen molar-refractivity contribution < 1.29 is 4.79 Å². The van der Waals surface area contributed by atoms with Crippen molar-refractivity contribution in [1.29, 1.82) is 0 Å². The van der Waals surface area contributed by atoms with Gasteiger partial charge in [-0.05, 0) is 49.7 Å². The summed E-state index contributed by atoms with van der Waals surface area (Å²) in [6.45, 7) is 1.90. The molecule has 0 bridgehead atoms. The molecule has 1 heterocycles. The third-order valence-corrected chi connectivity index (χ3v) is 5.85. The highest BCUT2D eigenvalue weighted by Gasteiger charge is 2.53. The number of likely N-dealkylation sites (tertiary alicyclic amines) is 1. The second-order valence-corrected chi connectivity index (χ2v) is 7.52. The number of carbonyl (C=O) groups excluding carboxylic acids is 1. The Morgan fingerprint density at radius 1 is 0.864 bits per heavy atom. The minimum Gasteiger partial charge on any atom is -0.342 e. The molecule has 2 N–H and O–H groups in total. The Morgan fingerprint density at radius 2 is 1.41 bits per heavy atom. The van der Waals surface area contributed by atoms with E-state index in [0.29, 0.717) is 5.91 Å². The van der Waals surface area contributed by atoms with Crippen LogP contribution in [0.15, 0.2) is 24.3 Å². The number of nitrogens with zero attached hydrogens (tertiary/aromatic N) is 1. The normalized spacial score (nSPS) is 25.4. The molecule has 2 aliphatic carbocycles. The molecule has 0 radical (unpaired) electrons. The first kappa shape index (κ1) is 14.3. The topological polar surface area (TPSA) is 46.3 Å². The number of carbonyl (C=O) groups is 1. The molecule has 1 aromatic rings. The summed E-state index contributed by atoms with van der Waals surface area (Å²) in [6.07, 6.45) is 9.06. The smallest absolute Gasteiger partial charge is 0.233 e. The first-order valence-corrected chi connectivity index (χ1v) is 8.83. The number of benzene rings is 1. The van der Waals surface area contributed by atoms with Crippen LogP contribution in [0, 0.1) is 0 Å². The van der Waals surface area contributed by atoms with Gasteiger partial charge in [0.1, 0.15) is 0 Å². The van der Waals surface area contributed by atoms with Crippen LogP contribution in [0.1, 0.15) is 62.5 Å². The average molecular weight is 298 g/mol. The molecular weight excluding hydrogens is 272 g/mol. The number of rotatable bonds is 3. The Kier molecular flexibility index (Phi) is 3.30. The van der Waals surface area contributed by atoms with E-state index in [-0.39, 0.29) is 11.0 Å². The van der Waals surface area contributed by atoms with E-state index in [4.69, 9.17) is 5.73 Å². The van der Waals surface area contributed by atoms with E-state index in [0.717, 1.165) is 51.6 Å². The van der Waals surface area contributed by atoms with Gasteiger partial charge in [-0.15, -0.1) is 0 Å². The van der Waals surface area contributed by atoms with E-state index in [1.165, 1.54) is 24.0 Å². The van der Waals surface area contributed by atoms with Crippen molar-refractivity contribution in [3.05, 3.63) is 35.4 Å². The zero-order valence-corrected chi connectivity index (χ0v) is 13.3. The second kappa shape index (κ2) is 5.09. The quantitative estimate of drug-likeness (QED) is 0.932. The molecule has 1 saturated heterocycles. The standard InChI is InChI=1S/C19H26N2O/c20-19(11-12-19)16-7-5-15(6-8-16)18(9-10-18)17(22)21-13-3-1-2-4-14-21/h5-8H,1-4,9-14,20H2. The minimum atomic E-state index is -0.214. The number of amides is 1. The van der Waals surface area contributed by atoms with Crippen molar-refractivity contribution in [2.45, 2.75) is 62.3 Å². The summed E-state index contributed by atoms with van der Waals surface area (Å²) >= 11 is 0. The Balaban J connectivity index is 1.54. The van der Waals surface area contributed by atoms with Gasteiger partial charge in [0.25, 0.3) is 0 Å². The predicted molar refractivity (Wildman–Crippen MR) is 87.5 cm³/mol. The van der Waals surface area contributed by atoms with Crippen molar-refractivity contribution in [3.8, 4) is 0 Å². The molecule has 0 unspecified atom stereocenters. The number of hydrogen-bond acceptors (Lipinski definition) is 2. The lowest BCUT2D eigenvalue weighted by molar-refractivity contribution is -0.133. The van der Waals surface area contributed by atoms with Gasteiger partial charge in [0, 0.05) is 18.6 Å². The van der Waals surface area contributed by atoms with E-state index in [1.54, 1.807) is 0 Å². The highest BCUT2D eigenvalue weighted by atomic mass is 16.2. The van der Waals surface area contributed by atoms with Crippen LogP contribution in [0.3, 0.4) is 0 Å². The lowest BCUT2D eigenvalue weighted by Gasteiger charge is -2.26. The second-order valence-electron chi connectivity index (χ2n) is 7.52. The Labute approximate surface area is 132 Å². The zero-order valence-electron chi connectivity index (χ0n) is 13.3. The molecule has 118 valence electrons. The van der Waals surface area contributed by atoms with Gasteiger partial charge in [0.05, 0.1) is 5.41 Å². The third-order valence-electron chi connectivity index (χ3n) is 5.85. The van der Waals surface area contributed by atoms with Crippen molar-refractivity contribution in [1.82, 2.24) is 4.90 Å². The average Bonchev–Trinajstić information content (AvgIpc) is 3.43. The molecule has 2 saturated carbocycles. The van der Waals surface area contributed by atoms with Gasteiger partial charge in [0.15, 0.2) is 0 Å². The summed E-state index contributed by atoms with van der Waals surface area (Å²) in [7, 11) is 0. The fraction of sp³-hybridized carbons (Fsp3) is 0.632. The van der Waals surface area contributed by atoms with Crippen LogP contribution in [-0.4, -0.2) is 23.9 Å². The van der Waals surface area contributed by atoms with Gasteiger partial charge >= 0.3 is 0 Å².